The van der Waals surface area contributed by atoms with Gasteiger partial charge in [-0.05, 0) is 37.5 Å². The normalized spacial score (nSPS) is 23.0. The van der Waals surface area contributed by atoms with Gasteiger partial charge in [0.25, 0.3) is 0 Å². The predicted octanol–water partition coefficient (Wildman–Crippen LogP) is 2.65. The van der Waals surface area contributed by atoms with Gasteiger partial charge in [0.15, 0.2) is 5.78 Å². The van der Waals surface area contributed by atoms with Gasteiger partial charge in [-0.25, -0.2) is 8.78 Å². The second-order valence-electron chi connectivity index (χ2n) is 4.53. The first-order chi connectivity index (χ1) is 8.49. The third kappa shape index (κ3) is 2.39. The van der Waals surface area contributed by atoms with Crippen LogP contribution in [0.3, 0.4) is 0 Å². The highest BCUT2D eigenvalue weighted by atomic mass is 19.1. The van der Waals surface area contributed by atoms with E-state index in [9.17, 15) is 18.4 Å². The summed E-state index contributed by atoms with van der Waals surface area (Å²) in [5, 5.41) is 8.84. The molecule has 1 aliphatic rings. The number of carbonyl (C=O) groups is 2. The molecule has 2 unspecified atom stereocenters. The van der Waals surface area contributed by atoms with Crippen molar-refractivity contribution in [3.05, 3.63) is 35.4 Å². The first-order valence-corrected chi connectivity index (χ1v) is 5.71. The molecule has 2 rings (SSSR count). The molecule has 18 heavy (non-hydrogen) atoms. The topological polar surface area (TPSA) is 54.4 Å². The third-order valence-corrected chi connectivity index (χ3v) is 3.35. The second kappa shape index (κ2) is 4.84. The van der Waals surface area contributed by atoms with Gasteiger partial charge in [0.1, 0.15) is 11.6 Å². The maximum atomic E-state index is 13.4. The molecule has 0 aromatic heterocycles. The van der Waals surface area contributed by atoms with Crippen molar-refractivity contribution < 1.29 is 23.5 Å². The van der Waals surface area contributed by atoms with Crippen LogP contribution in [0.4, 0.5) is 8.78 Å². The monoisotopic (exact) mass is 254 g/mol. The van der Waals surface area contributed by atoms with Gasteiger partial charge in [-0.3, -0.25) is 9.59 Å². The van der Waals surface area contributed by atoms with E-state index in [0.29, 0.717) is 12.8 Å². The fraction of sp³-hybridized carbons (Fsp3) is 0.385. The van der Waals surface area contributed by atoms with Crippen molar-refractivity contribution in [2.24, 2.45) is 11.8 Å². The number of aliphatic carboxylic acids is 1. The van der Waals surface area contributed by atoms with Gasteiger partial charge in [0.05, 0.1) is 11.5 Å². The molecule has 1 aromatic rings. The van der Waals surface area contributed by atoms with E-state index in [0.717, 1.165) is 18.2 Å². The van der Waals surface area contributed by atoms with Crippen molar-refractivity contribution >= 4 is 11.8 Å². The fourth-order valence-corrected chi connectivity index (χ4v) is 2.35. The molecule has 96 valence electrons. The zero-order valence-electron chi connectivity index (χ0n) is 9.53. The van der Waals surface area contributed by atoms with E-state index < -0.39 is 35.2 Å². The summed E-state index contributed by atoms with van der Waals surface area (Å²) in [4.78, 5) is 22.8. The Kier molecular flexibility index (Phi) is 3.41. The molecule has 3 nitrogen and oxygen atoms in total. The van der Waals surface area contributed by atoms with Crippen LogP contribution in [-0.2, 0) is 4.79 Å². The molecule has 2 atom stereocenters. The Labute approximate surface area is 102 Å². The van der Waals surface area contributed by atoms with Gasteiger partial charge < -0.3 is 5.11 Å². The Hall–Kier alpha value is -1.78. The SMILES string of the molecule is O=C(O)C1CCC(C(=O)c2cc(F)ccc2F)C1. The van der Waals surface area contributed by atoms with Gasteiger partial charge >= 0.3 is 5.97 Å². The van der Waals surface area contributed by atoms with Crippen LogP contribution >= 0.6 is 0 Å². The molecule has 1 fully saturated rings. The molecular weight excluding hydrogens is 242 g/mol. The standard InChI is InChI=1S/C13H12F2O3/c14-9-3-4-11(15)10(6-9)12(16)7-1-2-8(5-7)13(17)18/h3-4,6-8H,1-2,5H2,(H,17,18). The van der Waals surface area contributed by atoms with Crippen molar-refractivity contribution in [1.82, 2.24) is 0 Å². The van der Waals surface area contributed by atoms with E-state index in [1.165, 1.54) is 0 Å². The van der Waals surface area contributed by atoms with Crippen molar-refractivity contribution in [2.75, 3.05) is 0 Å². The minimum atomic E-state index is -0.940. The van der Waals surface area contributed by atoms with Crippen molar-refractivity contribution in [2.45, 2.75) is 19.3 Å². The van der Waals surface area contributed by atoms with E-state index in [1.807, 2.05) is 0 Å². The van der Waals surface area contributed by atoms with Gasteiger partial charge in [0.2, 0.25) is 0 Å². The second-order valence-corrected chi connectivity index (χ2v) is 4.53. The van der Waals surface area contributed by atoms with Crippen LogP contribution in [0, 0.1) is 23.5 Å². The molecule has 1 saturated carbocycles. The van der Waals surface area contributed by atoms with Gasteiger partial charge in [-0.2, -0.15) is 0 Å². The summed E-state index contributed by atoms with van der Waals surface area (Å²) in [6.45, 7) is 0. The fourth-order valence-electron chi connectivity index (χ4n) is 2.35. The van der Waals surface area contributed by atoms with E-state index in [-0.39, 0.29) is 12.0 Å². The quantitative estimate of drug-likeness (QED) is 0.843. The number of hydrogen-bond donors (Lipinski definition) is 1. The summed E-state index contributed by atoms with van der Waals surface area (Å²) in [5.74, 6) is -3.97. The number of carboxylic acids is 1. The van der Waals surface area contributed by atoms with Crippen LogP contribution in [0.15, 0.2) is 18.2 Å². The molecule has 0 spiro atoms. The minimum Gasteiger partial charge on any atom is -0.481 e. The molecule has 0 radical (unpaired) electrons. The number of carbonyl (C=O) groups excluding carboxylic acids is 1. The third-order valence-electron chi connectivity index (χ3n) is 3.35. The minimum absolute atomic E-state index is 0.199. The van der Waals surface area contributed by atoms with E-state index in [2.05, 4.69) is 0 Å². The summed E-state index contributed by atoms with van der Waals surface area (Å²) in [5.41, 5.74) is -0.286. The Balaban J connectivity index is 2.17. The molecule has 1 N–H and O–H groups in total. The van der Waals surface area contributed by atoms with Crippen LogP contribution in [-0.4, -0.2) is 16.9 Å². The van der Waals surface area contributed by atoms with Crippen LogP contribution < -0.4 is 0 Å². The molecule has 1 aliphatic carbocycles. The predicted molar refractivity (Wildman–Crippen MR) is 59.2 cm³/mol. The number of benzene rings is 1. The lowest BCUT2D eigenvalue weighted by atomic mass is 9.95. The van der Waals surface area contributed by atoms with Crippen LogP contribution in [0.1, 0.15) is 29.6 Å². The lowest BCUT2D eigenvalue weighted by Gasteiger charge is -2.09. The lowest BCUT2D eigenvalue weighted by Crippen LogP contribution is -2.16. The molecule has 1 aromatic carbocycles. The summed E-state index contributed by atoms with van der Waals surface area (Å²) in [6.07, 6.45) is 1.01. The highest BCUT2D eigenvalue weighted by Gasteiger charge is 2.35. The van der Waals surface area contributed by atoms with Crippen molar-refractivity contribution in [1.29, 1.82) is 0 Å². The zero-order chi connectivity index (χ0) is 13.3. The van der Waals surface area contributed by atoms with Gasteiger partial charge in [-0.1, -0.05) is 0 Å². The summed E-state index contributed by atoms with van der Waals surface area (Å²) >= 11 is 0. The number of Topliss-reactive ketones (excluding diaryl/α,β-unsaturated/α-hetero) is 1. The lowest BCUT2D eigenvalue weighted by molar-refractivity contribution is -0.141. The number of rotatable bonds is 3. The molecule has 5 heteroatoms. The average molecular weight is 254 g/mol. The molecule has 0 heterocycles. The number of hydrogen-bond acceptors (Lipinski definition) is 2. The van der Waals surface area contributed by atoms with Crippen LogP contribution in [0.5, 0.6) is 0 Å². The van der Waals surface area contributed by atoms with E-state index >= 15 is 0 Å². The maximum Gasteiger partial charge on any atom is 0.306 e. The van der Waals surface area contributed by atoms with Crippen LogP contribution in [0.25, 0.3) is 0 Å². The number of halogens is 2. The highest BCUT2D eigenvalue weighted by molar-refractivity contribution is 5.98. The molecule has 0 amide bonds. The first-order valence-electron chi connectivity index (χ1n) is 5.71. The Morgan fingerprint density at radius 3 is 2.44 bits per heavy atom. The molecule has 0 bridgehead atoms. The maximum absolute atomic E-state index is 13.4. The Morgan fingerprint density at radius 2 is 1.83 bits per heavy atom. The molecule has 0 saturated heterocycles. The largest absolute Gasteiger partial charge is 0.481 e. The smallest absolute Gasteiger partial charge is 0.306 e. The first kappa shape index (κ1) is 12.7. The Bertz CT molecular complexity index is 499. The van der Waals surface area contributed by atoms with Crippen molar-refractivity contribution in [3.8, 4) is 0 Å². The summed E-state index contributed by atoms with van der Waals surface area (Å²) < 4.78 is 26.4. The van der Waals surface area contributed by atoms with Crippen molar-refractivity contribution in [3.63, 3.8) is 0 Å². The van der Waals surface area contributed by atoms with E-state index in [4.69, 9.17) is 5.11 Å². The summed E-state index contributed by atoms with van der Waals surface area (Å²) in [7, 11) is 0. The average Bonchev–Trinajstić information content (AvgIpc) is 2.81. The molecular formula is C13H12F2O3. The zero-order valence-corrected chi connectivity index (χ0v) is 9.53. The summed E-state index contributed by atoms with van der Waals surface area (Å²) in [6, 6.07) is 2.72. The Morgan fingerprint density at radius 1 is 1.17 bits per heavy atom. The van der Waals surface area contributed by atoms with Crippen LogP contribution in [0.2, 0.25) is 0 Å². The van der Waals surface area contributed by atoms with E-state index in [1.54, 1.807) is 0 Å². The molecule has 0 aliphatic heterocycles. The highest BCUT2D eigenvalue weighted by Crippen LogP contribution is 2.33. The van der Waals surface area contributed by atoms with Gasteiger partial charge in [0, 0.05) is 5.92 Å². The number of carboxylic acid groups (broad SMARTS) is 1. The van der Waals surface area contributed by atoms with Gasteiger partial charge in [-0.15, -0.1) is 0 Å². The number of ketones is 1.